The smallest absolute Gasteiger partial charge is 0.416 e. The topological polar surface area (TPSA) is 43.4 Å². The second-order valence-corrected chi connectivity index (χ2v) is 7.06. The van der Waals surface area contributed by atoms with Crippen LogP contribution in [0.3, 0.4) is 0 Å². The Kier molecular flexibility index (Phi) is 6.21. The first-order valence-corrected chi connectivity index (χ1v) is 9.27. The quantitative estimate of drug-likeness (QED) is 0.588. The Morgan fingerprint density at radius 3 is 2.54 bits per heavy atom. The lowest BCUT2D eigenvalue weighted by Crippen LogP contribution is -2.17. The summed E-state index contributed by atoms with van der Waals surface area (Å²) in [6.07, 6.45) is -2.63. The van der Waals surface area contributed by atoms with Gasteiger partial charge in [-0.05, 0) is 23.8 Å². The van der Waals surface area contributed by atoms with E-state index in [4.69, 9.17) is 9.47 Å². The molecule has 1 N–H and O–H groups in total. The molecule has 0 amide bonds. The van der Waals surface area contributed by atoms with Crippen LogP contribution in [0.15, 0.2) is 48.7 Å². The Balaban J connectivity index is 1.68. The minimum absolute atomic E-state index is 0.108. The number of hydrogen-bond donors (Lipinski definition) is 1. The Bertz CT molecular complexity index is 941. The number of methoxy groups -OCH3 is 2. The number of rotatable bonds is 7. The van der Waals surface area contributed by atoms with Crippen molar-refractivity contribution >= 4 is 11.3 Å². The predicted octanol–water partition coefficient (Wildman–Crippen LogP) is 5.14. The summed E-state index contributed by atoms with van der Waals surface area (Å²) in [5.41, 5.74) is 0.475. The summed E-state index contributed by atoms with van der Waals surface area (Å²) in [6.45, 7) is 0.478. The molecule has 4 nitrogen and oxygen atoms in total. The molecule has 1 heterocycles. The third-order valence-corrected chi connectivity index (χ3v) is 5.17. The maximum absolute atomic E-state index is 13.1. The Morgan fingerprint density at radius 1 is 1.04 bits per heavy atom. The van der Waals surface area contributed by atoms with Gasteiger partial charge in [-0.2, -0.15) is 13.2 Å². The monoisotopic (exact) mass is 408 g/mol. The number of hydrogen-bond acceptors (Lipinski definition) is 5. The first-order chi connectivity index (χ1) is 13.4. The van der Waals surface area contributed by atoms with E-state index in [0.717, 1.165) is 21.5 Å². The molecular weight excluding hydrogens is 389 g/mol. The van der Waals surface area contributed by atoms with Crippen molar-refractivity contribution in [2.75, 3.05) is 14.2 Å². The molecule has 0 radical (unpaired) electrons. The Morgan fingerprint density at radius 2 is 1.82 bits per heavy atom. The van der Waals surface area contributed by atoms with Gasteiger partial charge in [-0.25, -0.2) is 4.98 Å². The van der Waals surface area contributed by atoms with Gasteiger partial charge < -0.3 is 14.8 Å². The third kappa shape index (κ3) is 4.63. The van der Waals surface area contributed by atoms with Crippen LogP contribution in [0.5, 0.6) is 11.5 Å². The van der Waals surface area contributed by atoms with Gasteiger partial charge in [-0.15, -0.1) is 11.3 Å². The van der Waals surface area contributed by atoms with E-state index < -0.39 is 11.7 Å². The van der Waals surface area contributed by atoms with Crippen molar-refractivity contribution < 1.29 is 22.6 Å². The lowest BCUT2D eigenvalue weighted by atomic mass is 10.1. The average molecular weight is 408 g/mol. The highest BCUT2D eigenvalue weighted by Gasteiger charge is 2.32. The molecule has 0 fully saturated rings. The molecule has 0 aliphatic rings. The van der Waals surface area contributed by atoms with Gasteiger partial charge in [0.15, 0.2) is 0 Å². The molecule has 2 aromatic carbocycles. The number of thiazole rings is 1. The molecule has 0 aliphatic heterocycles. The molecule has 0 aliphatic carbocycles. The van der Waals surface area contributed by atoms with Crippen LogP contribution in [0.1, 0.15) is 16.1 Å². The van der Waals surface area contributed by atoms with Crippen molar-refractivity contribution in [3.05, 3.63) is 64.8 Å². The number of nitrogens with zero attached hydrogens (tertiary/aromatic N) is 1. The SMILES string of the molecule is COc1ccc(-c2cnc(CNCc3ccccc3C(F)(F)F)s2)c(OC)c1. The van der Waals surface area contributed by atoms with E-state index in [1.54, 1.807) is 32.5 Å². The summed E-state index contributed by atoms with van der Waals surface area (Å²) in [5, 5.41) is 3.81. The zero-order valence-corrected chi connectivity index (χ0v) is 16.2. The van der Waals surface area contributed by atoms with Crippen LogP contribution in [0, 0.1) is 0 Å². The Labute approximate surface area is 165 Å². The zero-order chi connectivity index (χ0) is 20.1. The fourth-order valence-electron chi connectivity index (χ4n) is 2.77. The minimum atomic E-state index is -4.36. The number of halogens is 3. The van der Waals surface area contributed by atoms with Crippen LogP contribution < -0.4 is 14.8 Å². The molecular formula is C20H19F3N2O2S. The highest BCUT2D eigenvalue weighted by Crippen LogP contribution is 2.36. The van der Waals surface area contributed by atoms with Gasteiger partial charge >= 0.3 is 6.18 Å². The van der Waals surface area contributed by atoms with E-state index in [-0.39, 0.29) is 12.1 Å². The first-order valence-electron chi connectivity index (χ1n) is 8.45. The summed E-state index contributed by atoms with van der Waals surface area (Å²) in [7, 11) is 3.17. The highest BCUT2D eigenvalue weighted by atomic mass is 32.1. The van der Waals surface area contributed by atoms with Gasteiger partial charge in [0.25, 0.3) is 0 Å². The summed E-state index contributed by atoms with van der Waals surface area (Å²) < 4.78 is 49.8. The van der Waals surface area contributed by atoms with Gasteiger partial charge in [0, 0.05) is 30.9 Å². The fraction of sp³-hybridized carbons (Fsp3) is 0.250. The predicted molar refractivity (Wildman–Crippen MR) is 103 cm³/mol. The van der Waals surface area contributed by atoms with Crippen LogP contribution >= 0.6 is 11.3 Å². The normalized spacial score (nSPS) is 11.5. The maximum atomic E-state index is 13.1. The first kappa shape index (κ1) is 20.2. The lowest BCUT2D eigenvalue weighted by Gasteiger charge is -2.12. The molecule has 0 saturated heterocycles. The summed E-state index contributed by atoms with van der Waals surface area (Å²) >= 11 is 1.46. The van der Waals surface area contributed by atoms with Crippen LogP contribution in [-0.2, 0) is 19.3 Å². The summed E-state index contributed by atoms with van der Waals surface area (Å²) in [5.74, 6) is 1.36. The van der Waals surface area contributed by atoms with Gasteiger partial charge in [0.05, 0.1) is 24.7 Å². The van der Waals surface area contributed by atoms with E-state index in [2.05, 4.69) is 10.3 Å². The summed E-state index contributed by atoms with van der Waals surface area (Å²) in [4.78, 5) is 5.27. The van der Waals surface area contributed by atoms with Crippen molar-refractivity contribution in [1.29, 1.82) is 0 Å². The third-order valence-electron chi connectivity index (χ3n) is 4.14. The number of aromatic nitrogens is 1. The number of nitrogens with one attached hydrogen (secondary N) is 1. The molecule has 148 valence electrons. The highest BCUT2D eigenvalue weighted by molar-refractivity contribution is 7.15. The largest absolute Gasteiger partial charge is 0.497 e. The van der Waals surface area contributed by atoms with Crippen molar-refractivity contribution in [2.45, 2.75) is 19.3 Å². The van der Waals surface area contributed by atoms with Crippen LogP contribution in [0.2, 0.25) is 0 Å². The van der Waals surface area contributed by atoms with Crippen LogP contribution in [-0.4, -0.2) is 19.2 Å². The minimum Gasteiger partial charge on any atom is -0.497 e. The van der Waals surface area contributed by atoms with Crippen molar-refractivity contribution in [3.8, 4) is 21.9 Å². The Hall–Kier alpha value is -2.58. The van der Waals surface area contributed by atoms with Gasteiger partial charge in [0.1, 0.15) is 16.5 Å². The molecule has 8 heteroatoms. The van der Waals surface area contributed by atoms with E-state index in [1.165, 1.54) is 23.5 Å². The second-order valence-electron chi connectivity index (χ2n) is 5.94. The molecule has 1 aromatic heterocycles. The average Bonchev–Trinajstić information content (AvgIpc) is 3.15. The van der Waals surface area contributed by atoms with Crippen LogP contribution in [0.4, 0.5) is 13.2 Å². The molecule has 3 rings (SSSR count). The van der Waals surface area contributed by atoms with Crippen molar-refractivity contribution in [2.24, 2.45) is 0 Å². The van der Waals surface area contributed by atoms with E-state index in [1.807, 2.05) is 12.1 Å². The second kappa shape index (κ2) is 8.62. The molecule has 0 saturated carbocycles. The van der Waals surface area contributed by atoms with Crippen molar-refractivity contribution in [1.82, 2.24) is 10.3 Å². The van der Waals surface area contributed by atoms with Crippen LogP contribution in [0.25, 0.3) is 10.4 Å². The molecule has 28 heavy (non-hydrogen) atoms. The van der Waals surface area contributed by atoms with Crippen molar-refractivity contribution in [3.63, 3.8) is 0 Å². The zero-order valence-electron chi connectivity index (χ0n) is 15.3. The van der Waals surface area contributed by atoms with Gasteiger partial charge in [-0.1, -0.05) is 18.2 Å². The standard InChI is InChI=1S/C20H19F3N2O2S/c1-26-14-7-8-15(17(9-14)27-2)18-11-25-19(28-18)12-24-10-13-5-3-4-6-16(13)20(21,22)23/h3-9,11,24H,10,12H2,1-2H3. The van der Waals surface area contributed by atoms with E-state index in [0.29, 0.717) is 18.0 Å². The number of alkyl halides is 3. The molecule has 0 bridgehead atoms. The molecule has 0 unspecified atom stereocenters. The lowest BCUT2D eigenvalue weighted by molar-refractivity contribution is -0.138. The van der Waals surface area contributed by atoms with E-state index >= 15 is 0 Å². The molecule has 0 atom stereocenters. The van der Waals surface area contributed by atoms with Gasteiger partial charge in [-0.3, -0.25) is 0 Å². The number of benzene rings is 2. The fourth-order valence-corrected chi connectivity index (χ4v) is 3.69. The molecule has 3 aromatic rings. The molecule has 0 spiro atoms. The summed E-state index contributed by atoms with van der Waals surface area (Å²) in [6, 6.07) is 11.1. The van der Waals surface area contributed by atoms with Gasteiger partial charge in [0.2, 0.25) is 0 Å². The number of ether oxygens (including phenoxy) is 2. The van der Waals surface area contributed by atoms with E-state index in [9.17, 15) is 13.2 Å². The maximum Gasteiger partial charge on any atom is 0.416 e.